The van der Waals surface area contributed by atoms with Gasteiger partial charge in [0, 0.05) is 43.2 Å². The number of aryl methyl sites for hydroxylation is 3. The molecule has 0 radical (unpaired) electrons. The fraction of sp³-hybridized carbons (Fsp3) is 0.286. The first kappa shape index (κ1) is 18.0. The molecule has 3 heterocycles. The van der Waals surface area contributed by atoms with E-state index in [0.29, 0.717) is 12.4 Å². The zero-order chi connectivity index (χ0) is 19.3. The lowest BCUT2D eigenvalue weighted by molar-refractivity contribution is 0.231. The van der Waals surface area contributed by atoms with Crippen molar-refractivity contribution in [3.8, 4) is 5.75 Å². The molecule has 0 unspecified atom stereocenters. The normalized spacial score (nSPS) is 15.4. The number of hydrogen-bond donors (Lipinski definition) is 2. The van der Waals surface area contributed by atoms with Gasteiger partial charge in [-0.3, -0.25) is 15.0 Å². The zero-order valence-electron chi connectivity index (χ0n) is 15.8. The van der Waals surface area contributed by atoms with E-state index < -0.39 is 0 Å². The van der Waals surface area contributed by atoms with Crippen LogP contribution in [0.25, 0.3) is 0 Å². The maximum atomic E-state index is 12.4. The van der Waals surface area contributed by atoms with Crippen LogP contribution >= 0.6 is 0 Å². The van der Waals surface area contributed by atoms with Gasteiger partial charge in [0.15, 0.2) is 5.82 Å². The first-order valence-electron chi connectivity index (χ1n) is 9.41. The van der Waals surface area contributed by atoms with Crippen molar-refractivity contribution < 1.29 is 9.53 Å². The van der Waals surface area contributed by atoms with Crippen molar-refractivity contribution in [2.24, 2.45) is 0 Å². The van der Waals surface area contributed by atoms with Crippen LogP contribution in [0.2, 0.25) is 0 Å². The number of anilines is 1. The number of carbonyl (C=O) groups excluding carboxylic acids is 1. The van der Waals surface area contributed by atoms with Crippen molar-refractivity contribution >= 4 is 11.8 Å². The number of nitrogens with zero attached hydrogens (tertiary/aromatic N) is 3. The van der Waals surface area contributed by atoms with Crippen molar-refractivity contribution in [3.63, 3.8) is 0 Å². The summed E-state index contributed by atoms with van der Waals surface area (Å²) in [4.78, 5) is 16.5. The van der Waals surface area contributed by atoms with Crippen molar-refractivity contribution in [1.29, 1.82) is 0 Å². The number of hydrogen-bond acceptors (Lipinski definition) is 4. The van der Waals surface area contributed by atoms with Gasteiger partial charge in [0.2, 0.25) is 0 Å². The van der Waals surface area contributed by atoms with Crippen LogP contribution in [0.5, 0.6) is 5.75 Å². The maximum Gasteiger partial charge on any atom is 0.320 e. The van der Waals surface area contributed by atoms with Crippen LogP contribution in [0.1, 0.15) is 29.2 Å². The minimum atomic E-state index is -0.265. The SMILES string of the molecule is Cc1cccc2c1OCC[C@H]2NC(=O)Nc1ccn(CCc2ccncc2)n1. The molecule has 144 valence electrons. The summed E-state index contributed by atoms with van der Waals surface area (Å²) in [5, 5.41) is 10.3. The number of rotatable bonds is 5. The molecule has 1 atom stereocenters. The topological polar surface area (TPSA) is 81.1 Å². The Balaban J connectivity index is 1.34. The van der Waals surface area contributed by atoms with Gasteiger partial charge in [0.25, 0.3) is 0 Å². The summed E-state index contributed by atoms with van der Waals surface area (Å²) in [6, 6.07) is 11.4. The molecule has 1 aliphatic heterocycles. The van der Waals surface area contributed by atoms with E-state index in [2.05, 4.69) is 20.7 Å². The van der Waals surface area contributed by atoms with Crippen molar-refractivity contribution in [3.05, 3.63) is 71.7 Å². The minimum absolute atomic E-state index is 0.0718. The van der Waals surface area contributed by atoms with Gasteiger partial charge >= 0.3 is 6.03 Å². The molecule has 2 N–H and O–H groups in total. The third kappa shape index (κ3) is 4.14. The number of aromatic nitrogens is 3. The Bertz CT molecular complexity index is 954. The molecule has 28 heavy (non-hydrogen) atoms. The summed E-state index contributed by atoms with van der Waals surface area (Å²) in [5.74, 6) is 1.41. The summed E-state index contributed by atoms with van der Waals surface area (Å²) in [6.45, 7) is 3.34. The molecule has 1 aromatic carbocycles. The van der Waals surface area contributed by atoms with Gasteiger partial charge in [-0.1, -0.05) is 18.2 Å². The predicted octanol–water partition coefficient (Wildman–Crippen LogP) is 3.47. The summed E-state index contributed by atoms with van der Waals surface area (Å²) in [7, 11) is 0. The van der Waals surface area contributed by atoms with Crippen LogP contribution in [-0.4, -0.2) is 27.4 Å². The van der Waals surface area contributed by atoms with E-state index in [4.69, 9.17) is 4.74 Å². The first-order valence-corrected chi connectivity index (χ1v) is 9.41. The van der Waals surface area contributed by atoms with E-state index in [1.54, 1.807) is 18.5 Å². The second kappa shape index (κ2) is 8.12. The van der Waals surface area contributed by atoms with Gasteiger partial charge in [-0.15, -0.1) is 0 Å². The second-order valence-electron chi connectivity index (χ2n) is 6.85. The number of pyridine rings is 1. The highest BCUT2D eigenvalue weighted by Gasteiger charge is 2.24. The Kier molecular flexibility index (Phi) is 5.23. The molecule has 7 heteroatoms. The third-order valence-electron chi connectivity index (χ3n) is 4.84. The highest BCUT2D eigenvalue weighted by atomic mass is 16.5. The number of carbonyl (C=O) groups is 1. The molecule has 0 fully saturated rings. The van der Waals surface area contributed by atoms with Crippen molar-refractivity contribution in [2.75, 3.05) is 11.9 Å². The van der Waals surface area contributed by atoms with Gasteiger partial charge in [-0.05, 0) is 36.6 Å². The largest absolute Gasteiger partial charge is 0.493 e. The minimum Gasteiger partial charge on any atom is -0.493 e. The Morgan fingerprint density at radius 1 is 1.25 bits per heavy atom. The Morgan fingerprint density at radius 3 is 2.96 bits per heavy atom. The number of benzene rings is 1. The van der Waals surface area contributed by atoms with Crippen molar-refractivity contribution in [2.45, 2.75) is 32.4 Å². The summed E-state index contributed by atoms with van der Waals surface area (Å²) in [5.41, 5.74) is 3.30. The van der Waals surface area contributed by atoms with E-state index >= 15 is 0 Å². The lowest BCUT2D eigenvalue weighted by Gasteiger charge is -2.27. The molecule has 0 spiro atoms. The van der Waals surface area contributed by atoms with Gasteiger partial charge in [0.05, 0.1) is 12.6 Å². The highest BCUT2D eigenvalue weighted by molar-refractivity contribution is 5.88. The lowest BCUT2D eigenvalue weighted by atomic mass is 9.98. The monoisotopic (exact) mass is 377 g/mol. The van der Waals surface area contributed by atoms with E-state index in [1.165, 1.54) is 5.56 Å². The molecule has 0 saturated carbocycles. The van der Waals surface area contributed by atoms with Crippen molar-refractivity contribution in [1.82, 2.24) is 20.1 Å². The molecular formula is C21H23N5O2. The number of para-hydroxylation sites is 1. The fourth-order valence-electron chi connectivity index (χ4n) is 3.39. The average Bonchev–Trinajstić information content (AvgIpc) is 3.15. The average molecular weight is 377 g/mol. The maximum absolute atomic E-state index is 12.4. The fourth-order valence-corrected chi connectivity index (χ4v) is 3.39. The van der Waals surface area contributed by atoms with Crippen LogP contribution in [-0.2, 0) is 13.0 Å². The Labute approximate surface area is 163 Å². The van der Waals surface area contributed by atoms with Gasteiger partial charge in [-0.25, -0.2) is 4.79 Å². The summed E-state index contributed by atoms with van der Waals surface area (Å²) < 4.78 is 7.58. The van der Waals surface area contributed by atoms with E-state index in [-0.39, 0.29) is 12.1 Å². The standard InChI is InChI=1S/C21H23N5O2/c1-15-3-2-4-17-18(9-14-28-20(15)17)23-21(27)24-19-8-13-26(25-19)12-7-16-5-10-22-11-6-16/h2-6,8,10-11,13,18H,7,9,12,14H2,1H3,(H2,23,24,25,27)/t18-/m1/s1. The molecule has 3 aromatic rings. The zero-order valence-corrected chi connectivity index (χ0v) is 15.8. The summed E-state index contributed by atoms with van der Waals surface area (Å²) >= 11 is 0. The predicted molar refractivity (Wildman–Crippen MR) is 106 cm³/mol. The quantitative estimate of drug-likeness (QED) is 0.713. The van der Waals surface area contributed by atoms with E-state index in [0.717, 1.165) is 36.3 Å². The number of nitrogens with one attached hydrogen (secondary N) is 2. The van der Waals surface area contributed by atoms with Crippen LogP contribution in [0, 0.1) is 6.92 Å². The van der Waals surface area contributed by atoms with Crippen LogP contribution in [0.15, 0.2) is 55.0 Å². The first-order chi connectivity index (χ1) is 13.7. The number of ether oxygens (including phenoxy) is 1. The molecule has 4 rings (SSSR count). The van der Waals surface area contributed by atoms with Gasteiger partial charge in [-0.2, -0.15) is 5.10 Å². The van der Waals surface area contributed by atoms with E-state index in [9.17, 15) is 4.79 Å². The van der Waals surface area contributed by atoms with Crippen LogP contribution in [0.3, 0.4) is 0 Å². The molecular weight excluding hydrogens is 354 g/mol. The molecule has 2 aromatic heterocycles. The highest BCUT2D eigenvalue weighted by Crippen LogP contribution is 2.34. The third-order valence-corrected chi connectivity index (χ3v) is 4.84. The second-order valence-corrected chi connectivity index (χ2v) is 6.85. The Hall–Kier alpha value is -3.35. The van der Waals surface area contributed by atoms with Crippen LogP contribution < -0.4 is 15.4 Å². The molecule has 2 amide bonds. The number of fused-ring (bicyclic) bond motifs is 1. The van der Waals surface area contributed by atoms with Crippen LogP contribution in [0.4, 0.5) is 10.6 Å². The molecule has 0 bridgehead atoms. The molecule has 0 saturated heterocycles. The van der Waals surface area contributed by atoms with E-state index in [1.807, 2.05) is 48.1 Å². The lowest BCUT2D eigenvalue weighted by Crippen LogP contribution is -2.35. The molecule has 1 aliphatic rings. The smallest absolute Gasteiger partial charge is 0.320 e. The molecule has 7 nitrogen and oxygen atoms in total. The summed E-state index contributed by atoms with van der Waals surface area (Å²) in [6.07, 6.45) is 7.03. The Morgan fingerprint density at radius 2 is 2.11 bits per heavy atom. The van der Waals surface area contributed by atoms with Gasteiger partial charge in [0.1, 0.15) is 5.75 Å². The number of urea groups is 1. The number of amides is 2. The van der Waals surface area contributed by atoms with Gasteiger partial charge < -0.3 is 10.1 Å². The molecule has 0 aliphatic carbocycles.